The third-order valence-electron chi connectivity index (χ3n) is 5.96. The summed E-state index contributed by atoms with van der Waals surface area (Å²) in [6.45, 7) is 21.0. The molecule has 0 aliphatic heterocycles. The summed E-state index contributed by atoms with van der Waals surface area (Å²) in [6, 6.07) is 43.1. The maximum atomic E-state index is 3.06. The van der Waals surface area contributed by atoms with E-state index in [1.807, 2.05) is 0 Å². The molecule has 0 N–H and O–H groups in total. The summed E-state index contributed by atoms with van der Waals surface area (Å²) in [5, 5.41) is 5.37. The summed E-state index contributed by atoms with van der Waals surface area (Å²) < 4.78 is 0. The van der Waals surface area contributed by atoms with Gasteiger partial charge in [0.2, 0.25) is 0 Å². The minimum absolute atomic E-state index is 0. The monoisotopic (exact) mass is 746 g/mol. The van der Waals surface area contributed by atoms with Crippen molar-refractivity contribution in [3.8, 4) is 22.3 Å². The topological polar surface area (TPSA) is 0 Å². The van der Waals surface area contributed by atoms with E-state index in [9.17, 15) is 0 Å². The van der Waals surface area contributed by atoms with Gasteiger partial charge in [-0.3, -0.25) is 0 Å². The molecule has 0 bridgehead atoms. The minimum atomic E-state index is 0. The standard InChI is InChI=1S/2C16H13.2C3H9Si.2ClH.Si.Zr/c2*1-12-10-14-8-5-9-15(16(14)11-12)13-6-3-2-4-7-13;2*1-4(2)3;;;;/h2*2-11H,1H3;2*1-3H3;2*1H;;/q2*-1;;;;;;+2. The van der Waals surface area contributed by atoms with E-state index in [1.54, 1.807) is 0 Å². The van der Waals surface area contributed by atoms with Crippen LogP contribution in [-0.2, 0) is 23.3 Å². The Morgan fingerprint density at radius 1 is 0.477 bits per heavy atom. The normalized spacial score (nSPS) is 9.64. The van der Waals surface area contributed by atoms with Gasteiger partial charge in [0, 0.05) is 17.6 Å². The number of hydrogen-bond acceptors (Lipinski definition) is 0. The first-order valence-electron chi connectivity index (χ1n) is 14.4. The molecule has 0 unspecified atom stereocenters. The van der Waals surface area contributed by atoms with E-state index in [2.05, 4.69) is 181 Å². The first-order chi connectivity index (χ1) is 20.2. The molecule has 0 aliphatic rings. The molecular formula is C38H46Cl2Si3Zr. The zero-order chi connectivity index (χ0) is 31.1. The first-order valence-corrected chi connectivity index (χ1v) is 24.6. The van der Waals surface area contributed by atoms with Crippen molar-refractivity contribution in [3.05, 3.63) is 132 Å². The van der Waals surface area contributed by atoms with Gasteiger partial charge in [-0.1, -0.05) is 137 Å². The molecule has 0 amide bonds. The number of fused-ring (bicyclic) bond motifs is 2. The van der Waals surface area contributed by atoms with Crippen LogP contribution in [0.15, 0.2) is 121 Å². The van der Waals surface area contributed by atoms with Crippen LogP contribution in [0.4, 0.5) is 0 Å². The number of aryl methyl sites for hydroxylation is 2. The van der Waals surface area contributed by atoms with Gasteiger partial charge in [0.25, 0.3) is 0 Å². The van der Waals surface area contributed by atoms with E-state index < -0.39 is 0 Å². The van der Waals surface area contributed by atoms with Gasteiger partial charge in [0.05, 0.1) is 0 Å². The van der Waals surface area contributed by atoms with Gasteiger partial charge in [-0.05, 0) is 11.1 Å². The molecule has 0 atom stereocenters. The van der Waals surface area contributed by atoms with Gasteiger partial charge in [0.1, 0.15) is 0 Å². The van der Waals surface area contributed by atoms with E-state index in [0.717, 1.165) is 0 Å². The van der Waals surface area contributed by atoms with Crippen molar-refractivity contribution in [2.24, 2.45) is 0 Å². The van der Waals surface area contributed by atoms with Crippen LogP contribution in [-0.4, -0.2) is 24.5 Å². The summed E-state index contributed by atoms with van der Waals surface area (Å²) >= 11 is 1.36. The zero-order valence-electron chi connectivity index (χ0n) is 27.4. The van der Waals surface area contributed by atoms with Gasteiger partial charge in [-0.25, -0.2) is 0 Å². The number of rotatable bonds is 2. The molecule has 6 rings (SSSR count). The molecular weight excluding hydrogens is 703 g/mol. The predicted octanol–water partition coefficient (Wildman–Crippen LogP) is 12.3. The molecule has 0 nitrogen and oxygen atoms in total. The molecule has 0 spiro atoms. The fourth-order valence-corrected chi connectivity index (χ4v) is 4.51. The Morgan fingerprint density at radius 3 is 1.07 bits per heavy atom. The average molecular weight is 749 g/mol. The summed E-state index contributed by atoms with van der Waals surface area (Å²) in [4.78, 5) is 0. The van der Waals surface area contributed by atoms with Crippen molar-refractivity contribution in [3.63, 3.8) is 0 Å². The van der Waals surface area contributed by atoms with Crippen molar-refractivity contribution in [1.29, 1.82) is 0 Å². The van der Waals surface area contributed by atoms with Crippen molar-refractivity contribution < 1.29 is 23.3 Å². The Kier molecular flexibility index (Phi) is 21.8. The third kappa shape index (κ3) is 14.1. The Hall–Kier alpha value is -1.79. The van der Waals surface area contributed by atoms with E-state index >= 15 is 0 Å². The van der Waals surface area contributed by atoms with Crippen LogP contribution >= 0.6 is 24.8 Å². The third-order valence-corrected chi connectivity index (χ3v) is 5.96. The molecule has 228 valence electrons. The van der Waals surface area contributed by atoms with Gasteiger partial charge >= 0.3 is 30.2 Å². The quantitative estimate of drug-likeness (QED) is 0.122. The average Bonchev–Trinajstić information content (AvgIpc) is 3.55. The second-order valence-electron chi connectivity index (χ2n) is 11.4. The van der Waals surface area contributed by atoms with Crippen molar-refractivity contribution >= 4 is 70.8 Å². The molecule has 0 fully saturated rings. The van der Waals surface area contributed by atoms with Crippen LogP contribution in [0.2, 0.25) is 39.3 Å². The van der Waals surface area contributed by atoms with Crippen LogP contribution in [0.3, 0.4) is 0 Å². The summed E-state index contributed by atoms with van der Waals surface area (Å²) in [6.07, 6.45) is 0. The molecule has 4 radical (unpaired) electrons. The number of halogens is 2. The molecule has 0 aliphatic carbocycles. The van der Waals surface area contributed by atoms with Gasteiger partial charge in [-0.15, -0.1) is 93.9 Å². The summed E-state index contributed by atoms with van der Waals surface area (Å²) in [7, 11) is 0.241. The van der Waals surface area contributed by atoms with E-state index in [0.29, 0.717) is 0 Å². The molecule has 0 saturated carbocycles. The van der Waals surface area contributed by atoms with E-state index in [1.165, 1.54) is 78.3 Å². The van der Waals surface area contributed by atoms with Gasteiger partial charge in [0.15, 0.2) is 0 Å². The van der Waals surface area contributed by atoms with Crippen molar-refractivity contribution in [2.75, 3.05) is 0 Å². The molecule has 0 heterocycles. The Bertz CT molecular complexity index is 1480. The first kappa shape index (κ1) is 42.2. The summed E-state index contributed by atoms with van der Waals surface area (Å²) in [5.74, 6) is 0. The van der Waals surface area contributed by atoms with Gasteiger partial charge < -0.3 is 0 Å². The maximum absolute atomic E-state index is 3.06. The molecule has 6 aromatic carbocycles. The fourth-order valence-electron chi connectivity index (χ4n) is 4.51. The molecule has 6 heteroatoms. The summed E-state index contributed by atoms with van der Waals surface area (Å²) in [5.41, 5.74) is 7.89. The van der Waals surface area contributed by atoms with Crippen LogP contribution in [0, 0.1) is 13.8 Å². The molecule has 6 aromatic rings. The van der Waals surface area contributed by atoms with Crippen LogP contribution in [0.5, 0.6) is 0 Å². The Morgan fingerprint density at radius 2 is 0.773 bits per heavy atom. The van der Waals surface area contributed by atoms with E-state index in [4.69, 9.17) is 0 Å². The molecule has 0 aromatic heterocycles. The van der Waals surface area contributed by atoms with Crippen LogP contribution < -0.4 is 0 Å². The number of benzene rings is 4. The Balaban J connectivity index is 0.000000628. The number of hydrogen-bond donors (Lipinski definition) is 0. The van der Waals surface area contributed by atoms with Crippen molar-refractivity contribution in [1.82, 2.24) is 0 Å². The molecule has 0 saturated heterocycles. The Labute approximate surface area is 299 Å². The van der Waals surface area contributed by atoms with Crippen LogP contribution in [0.25, 0.3) is 43.8 Å². The van der Waals surface area contributed by atoms with Crippen molar-refractivity contribution in [2.45, 2.75) is 53.1 Å². The second-order valence-corrected chi connectivity index (χ2v) is 17.4. The zero-order valence-corrected chi connectivity index (χ0v) is 34.5. The SMILES string of the molecule is C[Si](C)C.C[Si](C)C.Cc1cc2c(-c3ccccc3)cccc2[cH-]1.Cc1cc2c(-c3ccccc3)cccc2[cH-]1.Cl.Cl.[Si]=[Zr+2]. The predicted molar refractivity (Wildman–Crippen MR) is 206 cm³/mol. The van der Waals surface area contributed by atoms with E-state index in [-0.39, 0.29) is 42.4 Å². The van der Waals surface area contributed by atoms with Gasteiger partial charge in [-0.2, -0.15) is 12.1 Å². The molecule has 44 heavy (non-hydrogen) atoms. The fraction of sp³-hybridized carbons (Fsp3) is 0.211. The second kappa shape index (κ2) is 22.7. The van der Waals surface area contributed by atoms with Crippen LogP contribution in [0.1, 0.15) is 11.1 Å².